The number of hydrogen-bond donors (Lipinski definition) is 0. The van der Waals surface area contributed by atoms with Crippen molar-refractivity contribution in [3.8, 4) is 0 Å². The topological polar surface area (TPSA) is 39.2 Å². The normalized spacial score (nSPS) is 16.8. The number of ketones is 1. The molecular formula is C24H22F5NO2S. The summed E-state index contributed by atoms with van der Waals surface area (Å²) in [6.45, 7) is 5.37. The number of ether oxygens (including phenoxy) is 1. The largest absolute Gasteiger partial charge is 0.500 e. The molecule has 0 spiro atoms. The number of Topliss-reactive ketones (excluding diaryl/α,β-unsaturated/α-hetero) is 1. The maximum absolute atomic E-state index is 14.7. The van der Waals surface area contributed by atoms with Crippen molar-refractivity contribution >= 4 is 28.7 Å². The monoisotopic (exact) mass is 483 g/mol. The van der Waals surface area contributed by atoms with E-state index in [0.717, 1.165) is 24.4 Å². The summed E-state index contributed by atoms with van der Waals surface area (Å²) in [6, 6.07) is 4.17. The third kappa shape index (κ3) is 5.82. The van der Waals surface area contributed by atoms with Crippen LogP contribution in [0.25, 0.3) is 11.1 Å². The highest BCUT2D eigenvalue weighted by Crippen LogP contribution is 2.39. The highest BCUT2D eigenvalue weighted by Gasteiger charge is 2.33. The van der Waals surface area contributed by atoms with Crippen molar-refractivity contribution in [1.82, 2.24) is 4.98 Å². The maximum atomic E-state index is 14.7. The molecule has 3 rings (SSSR count). The van der Waals surface area contributed by atoms with Crippen molar-refractivity contribution in [2.75, 3.05) is 12.9 Å². The van der Waals surface area contributed by atoms with Crippen LogP contribution in [0.1, 0.15) is 42.9 Å². The molecular weight excluding hydrogens is 461 g/mol. The minimum Gasteiger partial charge on any atom is -0.500 e. The van der Waals surface area contributed by atoms with E-state index < -0.39 is 23.4 Å². The number of allylic oxidation sites excluding steroid dienone is 3. The van der Waals surface area contributed by atoms with Crippen LogP contribution in [-0.2, 0) is 15.7 Å². The van der Waals surface area contributed by atoms with Crippen molar-refractivity contribution in [3.63, 3.8) is 0 Å². The molecule has 1 atom stereocenters. The Morgan fingerprint density at radius 1 is 1.24 bits per heavy atom. The van der Waals surface area contributed by atoms with Gasteiger partial charge in [-0.1, -0.05) is 12.2 Å². The summed E-state index contributed by atoms with van der Waals surface area (Å²) in [7, 11) is 1.40. The van der Waals surface area contributed by atoms with Gasteiger partial charge in [-0.25, -0.2) is 13.8 Å². The molecule has 0 aliphatic heterocycles. The number of halogens is 5. The van der Waals surface area contributed by atoms with E-state index in [0.29, 0.717) is 35.0 Å². The average Bonchev–Trinajstić information content (AvgIpc) is 2.73. The Morgan fingerprint density at radius 2 is 1.97 bits per heavy atom. The van der Waals surface area contributed by atoms with E-state index in [9.17, 15) is 26.7 Å². The first kappa shape index (κ1) is 25.0. The zero-order valence-electron chi connectivity index (χ0n) is 18.1. The Bertz CT molecular complexity index is 1090. The van der Waals surface area contributed by atoms with E-state index in [4.69, 9.17) is 4.74 Å². The number of thioether (sulfide) groups is 1. The van der Waals surface area contributed by atoms with Crippen LogP contribution in [0.2, 0.25) is 0 Å². The molecule has 1 unspecified atom stereocenters. The van der Waals surface area contributed by atoms with Gasteiger partial charge in [-0.2, -0.15) is 13.2 Å². The standard InChI is InChI=1S/C24H22F5NO2S/c1-13(2)17-10-16(25)11-18(26)22(17)23-19(31)8-14(9-20(23)32-3)6-7-33-21-5-4-15(12-30-21)24(27,28)29/h4-5,10-12,14H,1,6-9H2,2-3H3. The molecule has 0 amide bonds. The molecule has 33 heavy (non-hydrogen) atoms. The van der Waals surface area contributed by atoms with Gasteiger partial charge in [0.05, 0.1) is 23.3 Å². The van der Waals surface area contributed by atoms with Gasteiger partial charge in [0.2, 0.25) is 0 Å². The van der Waals surface area contributed by atoms with E-state index >= 15 is 0 Å². The van der Waals surface area contributed by atoms with Gasteiger partial charge in [-0.15, -0.1) is 11.8 Å². The summed E-state index contributed by atoms with van der Waals surface area (Å²) in [5, 5.41) is 0.452. The minimum atomic E-state index is -4.44. The second kappa shape index (κ2) is 10.1. The number of aromatic nitrogens is 1. The molecule has 0 radical (unpaired) electrons. The minimum absolute atomic E-state index is 0.00692. The molecule has 0 bridgehead atoms. The van der Waals surface area contributed by atoms with Crippen molar-refractivity contribution < 1.29 is 31.5 Å². The van der Waals surface area contributed by atoms with Gasteiger partial charge >= 0.3 is 6.18 Å². The number of carbonyl (C=O) groups excluding carboxylic acids is 1. The highest BCUT2D eigenvalue weighted by molar-refractivity contribution is 7.99. The molecule has 0 N–H and O–H groups in total. The number of rotatable bonds is 7. The van der Waals surface area contributed by atoms with Gasteiger partial charge in [-0.3, -0.25) is 4.79 Å². The molecule has 0 saturated heterocycles. The van der Waals surface area contributed by atoms with E-state index in [2.05, 4.69) is 11.6 Å². The predicted molar refractivity (Wildman–Crippen MR) is 117 cm³/mol. The molecule has 176 valence electrons. The molecule has 9 heteroatoms. The van der Waals surface area contributed by atoms with Gasteiger partial charge in [0.15, 0.2) is 5.78 Å². The maximum Gasteiger partial charge on any atom is 0.417 e. The van der Waals surface area contributed by atoms with E-state index in [1.54, 1.807) is 6.92 Å². The smallest absolute Gasteiger partial charge is 0.417 e. The number of pyridine rings is 1. The van der Waals surface area contributed by atoms with Crippen LogP contribution >= 0.6 is 11.8 Å². The lowest BCUT2D eigenvalue weighted by atomic mass is 9.81. The number of carbonyl (C=O) groups is 1. The van der Waals surface area contributed by atoms with Crippen LogP contribution in [0.5, 0.6) is 0 Å². The molecule has 0 fully saturated rings. The Balaban J connectivity index is 1.74. The zero-order valence-corrected chi connectivity index (χ0v) is 18.9. The molecule has 1 aromatic carbocycles. The van der Waals surface area contributed by atoms with Crippen LogP contribution in [0, 0.1) is 17.6 Å². The summed E-state index contributed by atoms with van der Waals surface area (Å²) in [4.78, 5) is 16.8. The first-order valence-electron chi connectivity index (χ1n) is 10.1. The Labute approximate surface area is 192 Å². The molecule has 3 nitrogen and oxygen atoms in total. The number of benzene rings is 1. The van der Waals surface area contributed by atoms with Crippen molar-refractivity contribution in [2.45, 2.75) is 37.4 Å². The van der Waals surface area contributed by atoms with Crippen LogP contribution in [0.3, 0.4) is 0 Å². The predicted octanol–water partition coefficient (Wildman–Crippen LogP) is 6.93. The third-order valence-corrected chi connectivity index (χ3v) is 6.33. The lowest BCUT2D eigenvalue weighted by Crippen LogP contribution is -2.21. The molecule has 2 aromatic rings. The summed E-state index contributed by atoms with van der Waals surface area (Å²) in [6.07, 6.45) is -2.53. The number of methoxy groups -OCH3 is 1. The van der Waals surface area contributed by atoms with E-state index in [-0.39, 0.29) is 34.8 Å². The number of alkyl halides is 3. The van der Waals surface area contributed by atoms with Gasteiger partial charge < -0.3 is 4.74 Å². The number of hydrogen-bond acceptors (Lipinski definition) is 4. The molecule has 1 aliphatic rings. The second-order valence-corrected chi connectivity index (χ2v) is 8.93. The first-order valence-corrected chi connectivity index (χ1v) is 11.1. The van der Waals surface area contributed by atoms with Crippen LogP contribution in [0.4, 0.5) is 22.0 Å². The summed E-state index contributed by atoms with van der Waals surface area (Å²) < 4.78 is 71.9. The molecule has 1 aromatic heterocycles. The third-order valence-electron chi connectivity index (χ3n) is 5.36. The highest BCUT2D eigenvalue weighted by atomic mass is 32.2. The molecule has 1 heterocycles. The average molecular weight is 484 g/mol. The Kier molecular flexibility index (Phi) is 7.62. The van der Waals surface area contributed by atoms with E-state index in [1.807, 2.05) is 0 Å². The number of nitrogens with zero attached hydrogens (tertiary/aromatic N) is 1. The SMILES string of the molecule is C=C(C)c1cc(F)cc(F)c1C1=C(OC)CC(CCSc2ccc(C(F)(F)F)cn2)CC1=O. The Hall–Kier alpha value is -2.68. The lowest BCUT2D eigenvalue weighted by molar-refractivity contribution is -0.137. The van der Waals surface area contributed by atoms with Gasteiger partial charge in [-0.05, 0) is 48.8 Å². The summed E-state index contributed by atoms with van der Waals surface area (Å²) in [5.41, 5.74) is -0.0855. The summed E-state index contributed by atoms with van der Waals surface area (Å²) in [5.74, 6) is -1.16. The zero-order chi connectivity index (χ0) is 24.3. The van der Waals surface area contributed by atoms with E-state index in [1.165, 1.54) is 24.9 Å². The molecule has 1 aliphatic carbocycles. The van der Waals surface area contributed by atoms with Crippen LogP contribution < -0.4 is 0 Å². The van der Waals surface area contributed by atoms with Crippen LogP contribution in [0.15, 0.2) is 47.8 Å². The van der Waals surface area contributed by atoms with Crippen LogP contribution in [-0.4, -0.2) is 23.6 Å². The summed E-state index contributed by atoms with van der Waals surface area (Å²) >= 11 is 1.29. The quantitative estimate of drug-likeness (QED) is 0.316. The van der Waals surface area contributed by atoms with Gasteiger partial charge in [0.1, 0.15) is 17.4 Å². The first-order chi connectivity index (χ1) is 15.5. The van der Waals surface area contributed by atoms with Crippen molar-refractivity contribution in [1.29, 1.82) is 0 Å². The fourth-order valence-electron chi connectivity index (χ4n) is 3.75. The van der Waals surface area contributed by atoms with Gasteiger partial charge in [0, 0.05) is 30.7 Å². The van der Waals surface area contributed by atoms with Crippen molar-refractivity contribution in [3.05, 3.63) is 71.1 Å². The lowest BCUT2D eigenvalue weighted by Gasteiger charge is -2.27. The van der Waals surface area contributed by atoms with Gasteiger partial charge in [0.25, 0.3) is 0 Å². The second-order valence-electron chi connectivity index (χ2n) is 7.81. The molecule has 0 saturated carbocycles. The Morgan fingerprint density at radius 3 is 2.55 bits per heavy atom. The van der Waals surface area contributed by atoms with Crippen molar-refractivity contribution in [2.24, 2.45) is 5.92 Å². The fourth-order valence-corrected chi connectivity index (χ4v) is 4.70. The fraction of sp³-hybridized carbons (Fsp3) is 0.333.